The molecule has 0 saturated heterocycles. The zero-order valence-corrected chi connectivity index (χ0v) is 7.06. The topological polar surface area (TPSA) is 37.0 Å². The van der Waals surface area contributed by atoms with Crippen molar-refractivity contribution in [1.29, 1.82) is 0 Å². The lowest BCUT2D eigenvalue weighted by molar-refractivity contribution is -0.146. The summed E-state index contributed by atoms with van der Waals surface area (Å²) < 4.78 is 0. The highest BCUT2D eigenvalue weighted by Crippen LogP contribution is 2.38. The summed E-state index contributed by atoms with van der Waals surface area (Å²) in [6, 6.07) is 0. The Morgan fingerprint density at radius 2 is 1.82 bits per heavy atom. The minimum atomic E-state index is -0.894. The molecular weight excluding hydrogens is 140 g/mol. The Morgan fingerprint density at radius 3 is 2.27 bits per heavy atom. The zero-order chi connectivity index (χ0) is 8.32. The fourth-order valence-electron chi connectivity index (χ4n) is 1.93. The van der Waals surface area contributed by atoms with Crippen molar-refractivity contribution in [2.45, 2.75) is 45.4 Å². The minimum absolute atomic E-state index is 0.0388. The van der Waals surface area contributed by atoms with E-state index in [1.165, 1.54) is 19.3 Å². The van der Waals surface area contributed by atoms with Gasteiger partial charge in [0.1, 0.15) is 0 Å². The number of hydrogen-bond acceptors (Lipinski definition) is 1. The second-order valence-corrected chi connectivity index (χ2v) is 3.92. The van der Waals surface area contributed by atoms with Crippen molar-refractivity contribution >= 4 is 5.97 Å². The van der Waals surface area contributed by atoms with Crippen LogP contribution in [0, 0.1) is 5.41 Å². The second-order valence-electron chi connectivity index (χ2n) is 3.92. The van der Waals surface area contributed by atoms with Crippen LogP contribution in [0.1, 0.15) is 45.4 Å². The highest BCUT2D eigenvalue weighted by atomic mass is 16.4. The van der Waals surface area contributed by atoms with E-state index in [1.54, 1.807) is 0 Å². The monoisotopic (exact) mass is 155 g/mol. The van der Waals surface area contributed by atoms with E-state index in [2.05, 4.69) is 6.92 Å². The third-order valence-corrected chi connectivity index (χ3v) is 2.63. The lowest BCUT2D eigenvalue weighted by Crippen LogP contribution is -2.23. The van der Waals surface area contributed by atoms with Crippen LogP contribution in [0.25, 0.3) is 0 Å². The quantitative estimate of drug-likeness (QED) is 0.602. The summed E-state index contributed by atoms with van der Waals surface area (Å²) in [5.41, 5.74) is 0.0388. The zero-order valence-electron chi connectivity index (χ0n) is 7.06. The first kappa shape index (κ1) is 8.57. The van der Waals surface area contributed by atoms with Crippen molar-refractivity contribution in [2.24, 2.45) is 5.41 Å². The largest absolute Gasteiger partial charge is 0.356 e. The molecule has 1 saturated carbocycles. The SMILES string of the molecule is CC1(CC([O])=O)CCCCC1. The van der Waals surface area contributed by atoms with E-state index in [0.717, 1.165) is 12.8 Å². The summed E-state index contributed by atoms with van der Waals surface area (Å²) >= 11 is 0. The van der Waals surface area contributed by atoms with Crippen LogP contribution in [-0.2, 0) is 9.90 Å². The summed E-state index contributed by atoms with van der Waals surface area (Å²) in [5.74, 6) is -0.894. The molecular formula is C9H15O2. The highest BCUT2D eigenvalue weighted by Gasteiger charge is 2.29. The molecule has 0 amide bonds. The van der Waals surface area contributed by atoms with Crippen LogP contribution in [0.4, 0.5) is 0 Å². The van der Waals surface area contributed by atoms with E-state index < -0.39 is 5.97 Å². The van der Waals surface area contributed by atoms with E-state index in [9.17, 15) is 9.90 Å². The molecule has 0 aromatic heterocycles. The van der Waals surface area contributed by atoms with Crippen LogP contribution in [0.3, 0.4) is 0 Å². The van der Waals surface area contributed by atoms with Crippen LogP contribution in [0.2, 0.25) is 0 Å². The first-order chi connectivity index (χ1) is 5.12. The van der Waals surface area contributed by atoms with Crippen LogP contribution in [0.15, 0.2) is 0 Å². The average molecular weight is 155 g/mol. The van der Waals surface area contributed by atoms with E-state index in [4.69, 9.17) is 0 Å². The molecule has 0 spiro atoms. The van der Waals surface area contributed by atoms with Gasteiger partial charge in [0.2, 0.25) is 0 Å². The molecule has 0 aromatic rings. The molecule has 1 aliphatic rings. The number of carbonyl (C=O) groups is 1. The van der Waals surface area contributed by atoms with Crippen molar-refractivity contribution in [3.05, 3.63) is 0 Å². The van der Waals surface area contributed by atoms with E-state index >= 15 is 0 Å². The Morgan fingerprint density at radius 1 is 1.27 bits per heavy atom. The van der Waals surface area contributed by atoms with Crippen molar-refractivity contribution in [2.75, 3.05) is 0 Å². The lowest BCUT2D eigenvalue weighted by Gasteiger charge is -2.31. The molecule has 0 atom stereocenters. The van der Waals surface area contributed by atoms with Crippen LogP contribution < -0.4 is 0 Å². The van der Waals surface area contributed by atoms with Crippen molar-refractivity contribution in [3.8, 4) is 0 Å². The molecule has 2 heteroatoms. The van der Waals surface area contributed by atoms with Crippen molar-refractivity contribution < 1.29 is 9.90 Å². The Labute approximate surface area is 67.6 Å². The molecule has 0 bridgehead atoms. The Bertz CT molecular complexity index is 146. The molecule has 1 radical (unpaired) electrons. The fourth-order valence-corrected chi connectivity index (χ4v) is 1.93. The summed E-state index contributed by atoms with van der Waals surface area (Å²) in [4.78, 5) is 10.4. The van der Waals surface area contributed by atoms with Crippen molar-refractivity contribution in [1.82, 2.24) is 0 Å². The second kappa shape index (κ2) is 3.24. The molecule has 0 aromatic carbocycles. The predicted octanol–water partition coefficient (Wildman–Crippen LogP) is 2.30. The molecule has 0 unspecified atom stereocenters. The maximum Gasteiger partial charge on any atom is 0.356 e. The van der Waals surface area contributed by atoms with Crippen molar-refractivity contribution in [3.63, 3.8) is 0 Å². The Balaban J connectivity index is 2.43. The van der Waals surface area contributed by atoms with Gasteiger partial charge in [0, 0.05) is 0 Å². The summed E-state index contributed by atoms with van der Waals surface area (Å²) in [6.45, 7) is 2.06. The molecule has 63 valence electrons. The Hall–Kier alpha value is -0.530. The molecule has 0 N–H and O–H groups in total. The van der Waals surface area contributed by atoms with Gasteiger partial charge in [-0.25, -0.2) is 9.90 Å². The standard InChI is InChI=1S/C9H15O2/c1-9(7-8(10)11)5-3-2-4-6-9/h2-7H2,1H3. The third kappa shape index (κ3) is 2.52. The molecule has 1 rings (SSSR count). The third-order valence-electron chi connectivity index (χ3n) is 2.63. The van der Waals surface area contributed by atoms with Gasteiger partial charge in [-0.3, -0.25) is 0 Å². The van der Waals surface area contributed by atoms with E-state index in [1.807, 2.05) is 0 Å². The molecule has 0 heterocycles. The smallest absolute Gasteiger partial charge is 0.247 e. The first-order valence-electron chi connectivity index (χ1n) is 4.32. The summed E-state index contributed by atoms with van der Waals surface area (Å²) in [7, 11) is 0. The normalized spacial score (nSPS) is 23.0. The van der Waals surface area contributed by atoms with Gasteiger partial charge in [0.25, 0.3) is 0 Å². The number of rotatable bonds is 2. The van der Waals surface area contributed by atoms with Gasteiger partial charge >= 0.3 is 5.97 Å². The maximum absolute atomic E-state index is 10.4. The molecule has 1 aliphatic carbocycles. The van der Waals surface area contributed by atoms with E-state index in [0.29, 0.717) is 0 Å². The van der Waals surface area contributed by atoms with Gasteiger partial charge in [-0.1, -0.05) is 26.2 Å². The molecule has 2 nitrogen and oxygen atoms in total. The van der Waals surface area contributed by atoms with Gasteiger partial charge in [0.05, 0.1) is 6.42 Å². The lowest BCUT2D eigenvalue weighted by atomic mass is 9.73. The molecule has 1 fully saturated rings. The minimum Gasteiger partial charge on any atom is -0.247 e. The van der Waals surface area contributed by atoms with Gasteiger partial charge in [0.15, 0.2) is 0 Å². The maximum atomic E-state index is 10.4. The van der Waals surface area contributed by atoms with Gasteiger partial charge in [-0.15, -0.1) is 0 Å². The van der Waals surface area contributed by atoms with Gasteiger partial charge in [-0.2, -0.15) is 0 Å². The summed E-state index contributed by atoms with van der Waals surface area (Å²) in [5, 5.41) is 10.4. The van der Waals surface area contributed by atoms with Gasteiger partial charge in [-0.05, 0) is 18.3 Å². The van der Waals surface area contributed by atoms with E-state index in [-0.39, 0.29) is 11.8 Å². The first-order valence-corrected chi connectivity index (χ1v) is 4.32. The predicted molar refractivity (Wildman–Crippen MR) is 41.5 cm³/mol. The van der Waals surface area contributed by atoms with Gasteiger partial charge < -0.3 is 0 Å². The Kier molecular flexibility index (Phi) is 2.53. The van der Waals surface area contributed by atoms with Crippen LogP contribution >= 0.6 is 0 Å². The number of carbonyl (C=O) groups excluding carboxylic acids is 1. The fraction of sp³-hybridized carbons (Fsp3) is 0.889. The van der Waals surface area contributed by atoms with Crippen LogP contribution in [0.5, 0.6) is 0 Å². The summed E-state index contributed by atoms with van der Waals surface area (Å²) in [6.07, 6.45) is 5.99. The molecule has 0 aliphatic heterocycles. The number of hydrogen-bond donors (Lipinski definition) is 0. The average Bonchev–Trinajstić information content (AvgIpc) is 1.85. The van der Waals surface area contributed by atoms with Crippen LogP contribution in [-0.4, -0.2) is 5.97 Å². The highest BCUT2D eigenvalue weighted by molar-refractivity contribution is 5.67. The molecule has 11 heavy (non-hydrogen) atoms.